The van der Waals surface area contributed by atoms with Crippen LogP contribution in [-0.2, 0) is 0 Å². The molecule has 0 aliphatic carbocycles. The summed E-state index contributed by atoms with van der Waals surface area (Å²) >= 11 is 0. The maximum Gasteiger partial charge on any atom is 0.254 e. The Morgan fingerprint density at radius 1 is 1.44 bits per heavy atom. The minimum absolute atomic E-state index is 0.160. The average molecular weight is 250 g/mol. The van der Waals surface area contributed by atoms with Gasteiger partial charge >= 0.3 is 0 Å². The highest BCUT2D eigenvalue weighted by atomic mass is 16.1. The fourth-order valence-corrected chi connectivity index (χ4v) is 1.73. The molecule has 0 saturated heterocycles. The quantitative estimate of drug-likeness (QED) is 0.791. The highest BCUT2D eigenvalue weighted by Crippen LogP contribution is 2.10. The number of anilines is 1. The second kappa shape index (κ2) is 6.96. The third-order valence-corrected chi connectivity index (χ3v) is 2.93. The van der Waals surface area contributed by atoms with Gasteiger partial charge in [0.15, 0.2) is 0 Å². The van der Waals surface area contributed by atoms with Gasteiger partial charge in [0.25, 0.3) is 5.91 Å². The summed E-state index contributed by atoms with van der Waals surface area (Å²) < 4.78 is 0. The third-order valence-electron chi connectivity index (χ3n) is 2.93. The Bertz CT molecular complexity index is 402. The molecule has 3 N–H and O–H groups in total. The van der Waals surface area contributed by atoms with Crippen molar-refractivity contribution in [1.29, 1.82) is 0 Å². The zero-order valence-electron chi connectivity index (χ0n) is 11.4. The number of rotatable bonds is 6. The van der Waals surface area contributed by atoms with E-state index in [9.17, 15) is 4.79 Å². The van der Waals surface area contributed by atoms with E-state index in [1.165, 1.54) is 6.20 Å². The first-order chi connectivity index (χ1) is 8.58. The van der Waals surface area contributed by atoms with Crippen LogP contribution in [0.3, 0.4) is 0 Å². The number of likely N-dealkylation sites (N-methyl/N-ethyl adjacent to an activating group) is 1. The molecular weight excluding hydrogens is 228 g/mol. The van der Waals surface area contributed by atoms with Crippen LogP contribution in [-0.4, -0.2) is 42.0 Å². The van der Waals surface area contributed by atoms with Crippen molar-refractivity contribution < 1.29 is 4.79 Å². The summed E-state index contributed by atoms with van der Waals surface area (Å²) in [6, 6.07) is 1.71. The molecule has 0 aromatic carbocycles. The van der Waals surface area contributed by atoms with Crippen molar-refractivity contribution in [1.82, 2.24) is 15.2 Å². The number of aromatic nitrogens is 1. The molecule has 5 heteroatoms. The van der Waals surface area contributed by atoms with E-state index >= 15 is 0 Å². The largest absolute Gasteiger partial charge is 0.398 e. The van der Waals surface area contributed by atoms with Gasteiger partial charge in [-0.15, -0.1) is 0 Å². The number of nitrogens with one attached hydrogen (secondary N) is 1. The molecule has 0 atom stereocenters. The molecule has 100 valence electrons. The SMILES string of the molecule is CCN(CC)CCNC(=O)c1cnc(C)cc1N. The summed E-state index contributed by atoms with van der Waals surface area (Å²) in [6.07, 6.45) is 1.53. The van der Waals surface area contributed by atoms with Crippen LogP contribution in [0.25, 0.3) is 0 Å². The van der Waals surface area contributed by atoms with Crippen molar-refractivity contribution >= 4 is 11.6 Å². The van der Waals surface area contributed by atoms with E-state index in [1.807, 2.05) is 6.92 Å². The number of hydrogen-bond acceptors (Lipinski definition) is 4. The van der Waals surface area contributed by atoms with Crippen molar-refractivity contribution in [2.75, 3.05) is 31.9 Å². The Kier molecular flexibility index (Phi) is 5.58. The summed E-state index contributed by atoms with van der Waals surface area (Å²) in [7, 11) is 0. The molecule has 0 bridgehead atoms. The molecule has 18 heavy (non-hydrogen) atoms. The van der Waals surface area contributed by atoms with Gasteiger partial charge in [-0.2, -0.15) is 0 Å². The second-order valence-corrected chi connectivity index (χ2v) is 4.20. The second-order valence-electron chi connectivity index (χ2n) is 4.20. The number of hydrogen-bond donors (Lipinski definition) is 2. The van der Waals surface area contributed by atoms with E-state index in [0.29, 0.717) is 17.8 Å². The molecule has 1 rings (SSSR count). The number of amides is 1. The number of carbonyl (C=O) groups is 1. The molecule has 5 nitrogen and oxygen atoms in total. The first kappa shape index (κ1) is 14.4. The van der Waals surface area contributed by atoms with Crippen LogP contribution < -0.4 is 11.1 Å². The van der Waals surface area contributed by atoms with Crippen molar-refractivity contribution in [3.8, 4) is 0 Å². The molecular formula is C13H22N4O. The van der Waals surface area contributed by atoms with Crippen LogP contribution in [0, 0.1) is 6.92 Å². The number of aryl methyl sites for hydroxylation is 1. The van der Waals surface area contributed by atoms with Gasteiger partial charge in [-0.05, 0) is 26.1 Å². The van der Waals surface area contributed by atoms with Gasteiger partial charge < -0.3 is 16.0 Å². The molecule has 1 amide bonds. The monoisotopic (exact) mass is 250 g/mol. The summed E-state index contributed by atoms with van der Waals surface area (Å²) in [6.45, 7) is 9.49. The smallest absolute Gasteiger partial charge is 0.254 e. The molecule has 0 fully saturated rings. The maximum atomic E-state index is 11.9. The van der Waals surface area contributed by atoms with Gasteiger partial charge in [0.2, 0.25) is 0 Å². The first-order valence-corrected chi connectivity index (χ1v) is 6.31. The number of carbonyl (C=O) groups excluding carboxylic acids is 1. The van der Waals surface area contributed by atoms with Gasteiger partial charge in [-0.1, -0.05) is 13.8 Å². The van der Waals surface area contributed by atoms with E-state index in [0.717, 1.165) is 25.3 Å². The van der Waals surface area contributed by atoms with E-state index in [2.05, 4.69) is 29.0 Å². The Morgan fingerprint density at radius 3 is 2.67 bits per heavy atom. The van der Waals surface area contributed by atoms with Gasteiger partial charge in [-0.25, -0.2) is 0 Å². The summed E-state index contributed by atoms with van der Waals surface area (Å²) in [4.78, 5) is 18.2. The van der Waals surface area contributed by atoms with Crippen LogP contribution in [0.1, 0.15) is 29.9 Å². The van der Waals surface area contributed by atoms with Crippen LogP contribution in [0.15, 0.2) is 12.3 Å². The molecule has 0 aliphatic heterocycles. The number of nitrogens with two attached hydrogens (primary N) is 1. The highest BCUT2D eigenvalue weighted by Gasteiger charge is 2.10. The lowest BCUT2D eigenvalue weighted by Gasteiger charge is -2.18. The number of nitrogens with zero attached hydrogens (tertiary/aromatic N) is 2. The molecule has 0 aliphatic rings. The predicted octanol–water partition coefficient (Wildman–Crippen LogP) is 1.04. The van der Waals surface area contributed by atoms with Crippen molar-refractivity contribution in [2.24, 2.45) is 0 Å². The Labute approximate surface area is 108 Å². The molecule has 0 spiro atoms. The van der Waals surface area contributed by atoms with Crippen LogP contribution in [0.5, 0.6) is 0 Å². The zero-order valence-corrected chi connectivity index (χ0v) is 11.4. The standard InChI is InChI=1S/C13H22N4O/c1-4-17(5-2)7-6-15-13(18)11-9-16-10(3)8-12(11)14/h8-9H,4-7H2,1-3H3,(H2,14,16)(H,15,18). The summed E-state index contributed by atoms with van der Waals surface area (Å²) in [5.74, 6) is -0.160. The normalized spacial score (nSPS) is 10.7. The summed E-state index contributed by atoms with van der Waals surface area (Å²) in [5.41, 5.74) is 7.53. The fourth-order valence-electron chi connectivity index (χ4n) is 1.73. The van der Waals surface area contributed by atoms with Crippen LogP contribution >= 0.6 is 0 Å². The predicted molar refractivity (Wildman–Crippen MR) is 73.5 cm³/mol. The minimum atomic E-state index is -0.160. The molecule has 1 heterocycles. The molecule has 0 unspecified atom stereocenters. The molecule has 0 radical (unpaired) electrons. The lowest BCUT2D eigenvalue weighted by Crippen LogP contribution is -2.35. The zero-order chi connectivity index (χ0) is 13.5. The lowest BCUT2D eigenvalue weighted by molar-refractivity contribution is 0.0949. The van der Waals surface area contributed by atoms with E-state index in [-0.39, 0.29) is 5.91 Å². The average Bonchev–Trinajstić information content (AvgIpc) is 2.34. The van der Waals surface area contributed by atoms with E-state index in [1.54, 1.807) is 6.07 Å². The molecule has 1 aromatic rings. The third kappa shape index (κ3) is 4.00. The summed E-state index contributed by atoms with van der Waals surface area (Å²) in [5, 5.41) is 2.86. The van der Waals surface area contributed by atoms with Gasteiger partial charge in [-0.3, -0.25) is 9.78 Å². The fraction of sp³-hybridized carbons (Fsp3) is 0.538. The van der Waals surface area contributed by atoms with Crippen molar-refractivity contribution in [2.45, 2.75) is 20.8 Å². The number of pyridine rings is 1. The van der Waals surface area contributed by atoms with Gasteiger partial charge in [0.1, 0.15) is 0 Å². The lowest BCUT2D eigenvalue weighted by atomic mass is 10.2. The Balaban J connectivity index is 2.50. The number of nitrogen functional groups attached to an aromatic ring is 1. The minimum Gasteiger partial charge on any atom is -0.398 e. The first-order valence-electron chi connectivity index (χ1n) is 6.31. The molecule has 1 aromatic heterocycles. The Morgan fingerprint density at radius 2 is 2.11 bits per heavy atom. The van der Waals surface area contributed by atoms with Crippen molar-refractivity contribution in [3.05, 3.63) is 23.5 Å². The van der Waals surface area contributed by atoms with Crippen LogP contribution in [0.4, 0.5) is 5.69 Å². The molecule has 0 saturated carbocycles. The Hall–Kier alpha value is -1.62. The van der Waals surface area contributed by atoms with E-state index in [4.69, 9.17) is 5.73 Å². The van der Waals surface area contributed by atoms with Crippen molar-refractivity contribution in [3.63, 3.8) is 0 Å². The van der Waals surface area contributed by atoms with Gasteiger partial charge in [0, 0.05) is 30.7 Å². The highest BCUT2D eigenvalue weighted by molar-refractivity contribution is 5.98. The van der Waals surface area contributed by atoms with E-state index < -0.39 is 0 Å². The van der Waals surface area contributed by atoms with Gasteiger partial charge in [0.05, 0.1) is 5.56 Å². The maximum absolute atomic E-state index is 11.9. The topological polar surface area (TPSA) is 71.2 Å². The van der Waals surface area contributed by atoms with Crippen LogP contribution in [0.2, 0.25) is 0 Å².